The molecule has 0 unspecified atom stereocenters. The molecule has 2 heterocycles. The van der Waals surface area contributed by atoms with E-state index in [1.54, 1.807) is 11.3 Å². The zero-order valence-electron chi connectivity index (χ0n) is 20.9. The Bertz CT molecular complexity index is 2180. The maximum absolute atomic E-state index is 5.16. The van der Waals surface area contributed by atoms with Crippen molar-refractivity contribution in [3.05, 3.63) is 127 Å². The first-order valence-electron chi connectivity index (χ1n) is 13.0. The SMILES string of the molecule is c1ccc(-c2nc(-c3cc4ccccc4c4ccccc34)nc(-c3cccc4c3sc3ccccc34)n2)cc1. The summed E-state index contributed by atoms with van der Waals surface area (Å²) in [5.41, 5.74) is 3.00. The third-order valence-electron chi connectivity index (χ3n) is 7.32. The van der Waals surface area contributed by atoms with Crippen molar-refractivity contribution >= 4 is 53.1 Å². The van der Waals surface area contributed by atoms with E-state index in [0.29, 0.717) is 17.5 Å². The molecule has 0 saturated carbocycles. The first kappa shape index (κ1) is 22.1. The van der Waals surface area contributed by atoms with E-state index in [-0.39, 0.29) is 0 Å². The number of nitrogens with zero attached hydrogens (tertiary/aromatic N) is 3. The Balaban J connectivity index is 1.45. The Morgan fingerprint density at radius 3 is 1.87 bits per heavy atom. The van der Waals surface area contributed by atoms with Gasteiger partial charge in [-0.2, -0.15) is 0 Å². The molecule has 4 heteroatoms. The fraction of sp³-hybridized carbons (Fsp3) is 0. The van der Waals surface area contributed by atoms with Crippen LogP contribution >= 0.6 is 11.3 Å². The highest BCUT2D eigenvalue weighted by Crippen LogP contribution is 2.40. The summed E-state index contributed by atoms with van der Waals surface area (Å²) in [5.74, 6) is 2.04. The van der Waals surface area contributed by atoms with Gasteiger partial charge in [0, 0.05) is 36.9 Å². The minimum Gasteiger partial charge on any atom is -0.208 e. The molecule has 3 nitrogen and oxygen atoms in total. The lowest BCUT2D eigenvalue weighted by atomic mass is 9.97. The maximum atomic E-state index is 5.16. The zero-order chi connectivity index (χ0) is 25.8. The van der Waals surface area contributed by atoms with Gasteiger partial charge in [0.25, 0.3) is 0 Å². The lowest BCUT2D eigenvalue weighted by Crippen LogP contribution is -2.00. The molecule has 182 valence electrons. The summed E-state index contributed by atoms with van der Waals surface area (Å²) in [6.45, 7) is 0. The Labute approximate surface area is 229 Å². The van der Waals surface area contributed by atoms with Crippen LogP contribution in [0.2, 0.25) is 0 Å². The molecule has 0 atom stereocenters. The molecule has 0 fully saturated rings. The van der Waals surface area contributed by atoms with Crippen LogP contribution in [0.3, 0.4) is 0 Å². The van der Waals surface area contributed by atoms with E-state index in [1.807, 2.05) is 18.2 Å². The van der Waals surface area contributed by atoms with Gasteiger partial charge >= 0.3 is 0 Å². The molecule has 0 aliphatic heterocycles. The highest BCUT2D eigenvalue weighted by molar-refractivity contribution is 7.26. The molecule has 8 aromatic rings. The number of rotatable bonds is 3. The molecule has 0 spiro atoms. The average Bonchev–Trinajstić information content (AvgIpc) is 3.40. The van der Waals surface area contributed by atoms with Crippen LogP contribution in [0.5, 0.6) is 0 Å². The van der Waals surface area contributed by atoms with E-state index < -0.39 is 0 Å². The van der Waals surface area contributed by atoms with Gasteiger partial charge in [0.1, 0.15) is 0 Å². The standard InChI is InChI=1S/C35H21N3S/c1-2-11-22(12-3-1)33-36-34(29-19-10-18-28-27-17-8-9-20-31(27)39-32(28)29)38-35(37-33)30-21-23-13-4-5-14-24(23)25-15-6-7-16-26(25)30/h1-21H. The number of thiophene rings is 1. The van der Waals surface area contributed by atoms with Gasteiger partial charge in [-0.05, 0) is 39.7 Å². The van der Waals surface area contributed by atoms with Crippen molar-refractivity contribution < 1.29 is 0 Å². The van der Waals surface area contributed by atoms with Gasteiger partial charge in [-0.3, -0.25) is 0 Å². The van der Waals surface area contributed by atoms with E-state index in [0.717, 1.165) is 22.1 Å². The van der Waals surface area contributed by atoms with E-state index in [4.69, 9.17) is 15.0 Å². The van der Waals surface area contributed by atoms with Crippen molar-refractivity contribution in [1.29, 1.82) is 0 Å². The summed E-state index contributed by atoms with van der Waals surface area (Å²) in [5, 5.41) is 7.21. The molecule has 0 saturated heterocycles. The second-order valence-corrected chi connectivity index (χ2v) is 10.7. The van der Waals surface area contributed by atoms with E-state index >= 15 is 0 Å². The van der Waals surface area contributed by atoms with Crippen molar-refractivity contribution in [2.75, 3.05) is 0 Å². The quantitative estimate of drug-likeness (QED) is 0.220. The summed E-state index contributed by atoms with van der Waals surface area (Å²) in [6.07, 6.45) is 0. The highest BCUT2D eigenvalue weighted by Gasteiger charge is 2.18. The van der Waals surface area contributed by atoms with Crippen LogP contribution in [0.4, 0.5) is 0 Å². The van der Waals surface area contributed by atoms with Gasteiger partial charge in [0.15, 0.2) is 17.5 Å². The average molecular weight is 516 g/mol. The van der Waals surface area contributed by atoms with Gasteiger partial charge in [0.05, 0.1) is 0 Å². The van der Waals surface area contributed by atoms with Crippen molar-refractivity contribution in [3.8, 4) is 34.2 Å². The Hall–Kier alpha value is -4.93. The predicted octanol–water partition coefficient (Wildman–Crippen LogP) is 9.55. The van der Waals surface area contributed by atoms with E-state index in [9.17, 15) is 0 Å². The predicted molar refractivity (Wildman–Crippen MR) is 164 cm³/mol. The van der Waals surface area contributed by atoms with Crippen LogP contribution in [-0.4, -0.2) is 15.0 Å². The lowest BCUT2D eigenvalue weighted by Gasteiger charge is -2.12. The van der Waals surface area contributed by atoms with Gasteiger partial charge in [-0.15, -0.1) is 11.3 Å². The molecule has 0 radical (unpaired) electrons. The fourth-order valence-electron chi connectivity index (χ4n) is 5.50. The molecule has 0 amide bonds. The van der Waals surface area contributed by atoms with Crippen LogP contribution in [0, 0.1) is 0 Å². The monoisotopic (exact) mass is 515 g/mol. The summed E-state index contributed by atoms with van der Waals surface area (Å²) in [6, 6.07) is 44.4. The molecule has 0 N–H and O–H groups in total. The van der Waals surface area contributed by atoms with Crippen LogP contribution in [0.25, 0.3) is 75.9 Å². The second kappa shape index (κ2) is 8.83. The minimum atomic E-state index is 0.672. The number of benzene rings is 6. The summed E-state index contributed by atoms with van der Waals surface area (Å²) in [4.78, 5) is 15.3. The summed E-state index contributed by atoms with van der Waals surface area (Å²) >= 11 is 1.79. The largest absolute Gasteiger partial charge is 0.208 e. The maximum Gasteiger partial charge on any atom is 0.165 e. The molecule has 39 heavy (non-hydrogen) atoms. The Morgan fingerprint density at radius 1 is 0.410 bits per heavy atom. The number of fused-ring (bicyclic) bond motifs is 6. The van der Waals surface area contributed by atoms with Crippen LogP contribution in [0.1, 0.15) is 0 Å². The van der Waals surface area contributed by atoms with Crippen LogP contribution in [0.15, 0.2) is 127 Å². The zero-order valence-corrected chi connectivity index (χ0v) is 21.7. The number of hydrogen-bond donors (Lipinski definition) is 0. The molecule has 6 aromatic carbocycles. The molecular formula is C35H21N3S. The second-order valence-electron chi connectivity index (χ2n) is 9.64. The third-order valence-corrected chi connectivity index (χ3v) is 8.54. The van der Waals surface area contributed by atoms with Crippen molar-refractivity contribution in [3.63, 3.8) is 0 Å². The van der Waals surface area contributed by atoms with Crippen molar-refractivity contribution in [1.82, 2.24) is 15.0 Å². The highest BCUT2D eigenvalue weighted by atomic mass is 32.1. The third kappa shape index (κ3) is 3.61. The molecular weight excluding hydrogens is 494 g/mol. The van der Waals surface area contributed by atoms with Crippen molar-refractivity contribution in [2.24, 2.45) is 0 Å². The molecule has 0 bridgehead atoms. The molecule has 2 aromatic heterocycles. The minimum absolute atomic E-state index is 0.672. The molecule has 0 aliphatic rings. The number of hydrogen-bond acceptors (Lipinski definition) is 4. The topological polar surface area (TPSA) is 38.7 Å². The summed E-state index contributed by atoms with van der Waals surface area (Å²) in [7, 11) is 0. The Morgan fingerprint density at radius 2 is 1.03 bits per heavy atom. The van der Waals surface area contributed by atoms with Gasteiger partial charge in [-0.1, -0.05) is 109 Å². The first-order chi connectivity index (χ1) is 19.3. The molecule has 0 aliphatic carbocycles. The van der Waals surface area contributed by atoms with Gasteiger partial charge in [-0.25, -0.2) is 15.0 Å². The first-order valence-corrected chi connectivity index (χ1v) is 13.8. The number of aromatic nitrogens is 3. The van der Waals surface area contributed by atoms with E-state index in [1.165, 1.54) is 36.3 Å². The fourth-order valence-corrected chi connectivity index (χ4v) is 6.71. The lowest BCUT2D eigenvalue weighted by molar-refractivity contribution is 1.08. The van der Waals surface area contributed by atoms with Gasteiger partial charge < -0.3 is 0 Å². The smallest absolute Gasteiger partial charge is 0.165 e. The van der Waals surface area contributed by atoms with E-state index in [2.05, 4.69) is 109 Å². The van der Waals surface area contributed by atoms with Crippen LogP contribution < -0.4 is 0 Å². The van der Waals surface area contributed by atoms with Crippen molar-refractivity contribution in [2.45, 2.75) is 0 Å². The normalized spacial score (nSPS) is 11.6. The van der Waals surface area contributed by atoms with Gasteiger partial charge in [0.2, 0.25) is 0 Å². The Kier molecular flexibility index (Phi) is 5.00. The summed E-state index contributed by atoms with van der Waals surface area (Å²) < 4.78 is 2.45. The molecule has 8 rings (SSSR count). The van der Waals surface area contributed by atoms with Crippen LogP contribution in [-0.2, 0) is 0 Å².